The predicted molar refractivity (Wildman–Crippen MR) is 51.3 cm³/mol. The van der Waals surface area contributed by atoms with Gasteiger partial charge >= 0.3 is 0 Å². The van der Waals surface area contributed by atoms with E-state index >= 15 is 0 Å². The maximum atomic E-state index is 11.0. The van der Waals surface area contributed by atoms with Crippen LogP contribution in [0.25, 0.3) is 10.9 Å². The maximum absolute atomic E-state index is 11.0. The summed E-state index contributed by atoms with van der Waals surface area (Å²) in [7, 11) is 0. The van der Waals surface area contributed by atoms with E-state index in [0.29, 0.717) is 5.52 Å². The smallest absolute Gasteiger partial charge is 0.281 e. The molecule has 2 aromatic rings. The Labute approximate surface area is 83.0 Å². The molecule has 1 heterocycles. The Morgan fingerprint density at radius 1 is 1.53 bits per heavy atom. The fraction of sp³-hybridized carbons (Fsp3) is 0. The molecule has 2 rings (SSSR count). The number of fused-ring (bicyclic) bond motifs is 1. The Morgan fingerprint density at radius 2 is 2.27 bits per heavy atom. The first-order valence-electron chi connectivity index (χ1n) is 4.02. The zero-order valence-electron chi connectivity index (χ0n) is 7.43. The number of H-pyrrole nitrogens is 1. The van der Waals surface area contributed by atoms with Crippen LogP contribution >= 0.6 is 0 Å². The van der Waals surface area contributed by atoms with Crippen molar-refractivity contribution < 1.29 is 9.72 Å². The summed E-state index contributed by atoms with van der Waals surface area (Å²) >= 11 is 0. The molecule has 0 saturated heterocycles. The van der Waals surface area contributed by atoms with Crippen LogP contribution < -0.4 is 5.73 Å². The first kappa shape index (κ1) is 9.13. The third-order valence-electron chi connectivity index (χ3n) is 2.00. The van der Waals surface area contributed by atoms with Crippen molar-refractivity contribution in [3.63, 3.8) is 0 Å². The molecule has 0 saturated carbocycles. The van der Waals surface area contributed by atoms with Gasteiger partial charge in [-0.25, -0.2) is 0 Å². The van der Waals surface area contributed by atoms with E-state index < -0.39 is 10.8 Å². The second kappa shape index (κ2) is 3.05. The predicted octanol–water partition coefficient (Wildman–Crippen LogP) is 0.570. The second-order valence-electron chi connectivity index (χ2n) is 2.89. The van der Waals surface area contributed by atoms with Gasteiger partial charge in [-0.15, -0.1) is 0 Å². The molecule has 15 heavy (non-hydrogen) atoms. The lowest BCUT2D eigenvalue weighted by molar-refractivity contribution is -0.383. The molecule has 1 aromatic carbocycles. The number of aromatic amines is 1. The van der Waals surface area contributed by atoms with Gasteiger partial charge in [0.25, 0.3) is 11.6 Å². The Morgan fingerprint density at radius 3 is 2.87 bits per heavy atom. The largest absolute Gasteiger partial charge is 0.364 e. The minimum absolute atomic E-state index is 0.114. The van der Waals surface area contributed by atoms with Crippen molar-refractivity contribution in [2.24, 2.45) is 5.73 Å². The van der Waals surface area contributed by atoms with Crippen molar-refractivity contribution in [1.29, 1.82) is 0 Å². The number of aromatic nitrogens is 2. The fourth-order valence-electron chi connectivity index (χ4n) is 1.38. The molecule has 0 spiro atoms. The number of nitrogens with zero attached hydrogens (tertiary/aromatic N) is 2. The molecule has 0 radical (unpaired) electrons. The average molecular weight is 206 g/mol. The van der Waals surface area contributed by atoms with E-state index in [9.17, 15) is 14.9 Å². The molecule has 7 nitrogen and oxygen atoms in total. The fourth-order valence-corrected chi connectivity index (χ4v) is 1.38. The zero-order valence-corrected chi connectivity index (χ0v) is 7.43. The molecule has 76 valence electrons. The third-order valence-corrected chi connectivity index (χ3v) is 2.00. The lowest BCUT2D eigenvalue weighted by Gasteiger charge is -1.93. The molecule has 0 aliphatic heterocycles. The number of nitro benzene ring substituents is 1. The van der Waals surface area contributed by atoms with Gasteiger partial charge in [-0.3, -0.25) is 20.0 Å². The molecule has 1 amide bonds. The number of nitrogens with one attached hydrogen (secondary N) is 1. The lowest BCUT2D eigenvalue weighted by atomic mass is 10.1. The van der Waals surface area contributed by atoms with E-state index in [1.807, 2.05) is 0 Å². The van der Waals surface area contributed by atoms with Crippen molar-refractivity contribution >= 4 is 22.5 Å². The molecule has 0 fully saturated rings. The maximum Gasteiger partial charge on any atom is 0.281 e. The van der Waals surface area contributed by atoms with Crippen LogP contribution in [-0.2, 0) is 0 Å². The number of hydrogen-bond donors (Lipinski definition) is 2. The zero-order chi connectivity index (χ0) is 11.0. The van der Waals surface area contributed by atoms with Crippen LogP contribution in [0.2, 0.25) is 0 Å². The molecule has 7 heteroatoms. The van der Waals surface area contributed by atoms with Gasteiger partial charge < -0.3 is 5.73 Å². The van der Waals surface area contributed by atoms with Gasteiger partial charge in [-0.1, -0.05) is 6.07 Å². The first-order chi connectivity index (χ1) is 7.11. The summed E-state index contributed by atoms with van der Waals surface area (Å²) in [5.74, 6) is -0.796. The molecule has 3 N–H and O–H groups in total. The number of carbonyl (C=O) groups is 1. The van der Waals surface area contributed by atoms with Crippen LogP contribution in [-0.4, -0.2) is 21.0 Å². The van der Waals surface area contributed by atoms with E-state index in [2.05, 4.69) is 10.2 Å². The monoisotopic (exact) mass is 206 g/mol. The second-order valence-corrected chi connectivity index (χ2v) is 2.89. The first-order valence-corrected chi connectivity index (χ1v) is 4.02. The Bertz CT molecular complexity index is 560. The third kappa shape index (κ3) is 1.30. The summed E-state index contributed by atoms with van der Waals surface area (Å²) in [4.78, 5) is 21.1. The molecule has 0 aliphatic carbocycles. The highest BCUT2D eigenvalue weighted by Crippen LogP contribution is 2.26. The standard InChI is InChI=1S/C8H6N4O3/c9-8(13)7-6-4(10-11-7)2-1-3-5(6)12(14)15/h1-3H,(H2,9,13)(H,10,11). The quantitative estimate of drug-likeness (QED) is 0.551. The van der Waals surface area contributed by atoms with Crippen LogP contribution in [0.3, 0.4) is 0 Å². The SMILES string of the molecule is NC(=O)c1n[nH]c2cccc([N+](=O)[O-])c12. The Kier molecular flexibility index (Phi) is 1.86. The summed E-state index contributed by atoms with van der Waals surface area (Å²) in [5, 5.41) is 17.0. The normalized spacial score (nSPS) is 10.4. The van der Waals surface area contributed by atoms with E-state index in [-0.39, 0.29) is 16.8 Å². The van der Waals surface area contributed by atoms with Crippen molar-refractivity contribution in [3.8, 4) is 0 Å². The molecule has 1 aromatic heterocycles. The molecule has 0 aliphatic rings. The van der Waals surface area contributed by atoms with Gasteiger partial charge in [0, 0.05) is 6.07 Å². The minimum Gasteiger partial charge on any atom is -0.364 e. The number of non-ortho nitro benzene ring substituents is 1. The summed E-state index contributed by atoms with van der Waals surface area (Å²) in [6.45, 7) is 0. The van der Waals surface area contributed by atoms with E-state index in [4.69, 9.17) is 5.73 Å². The number of carbonyl (C=O) groups excluding carboxylic acids is 1. The van der Waals surface area contributed by atoms with Gasteiger partial charge in [0.2, 0.25) is 0 Å². The number of nitro groups is 1. The summed E-state index contributed by atoms with van der Waals surface area (Å²) in [6.07, 6.45) is 0. The number of amides is 1. The number of primary amides is 1. The Hall–Kier alpha value is -2.44. The molecular formula is C8H6N4O3. The van der Waals surface area contributed by atoms with Gasteiger partial charge in [0.1, 0.15) is 5.39 Å². The average Bonchev–Trinajstić information content (AvgIpc) is 2.60. The highest BCUT2D eigenvalue weighted by atomic mass is 16.6. The number of rotatable bonds is 2. The van der Waals surface area contributed by atoms with Crippen LogP contribution in [0.4, 0.5) is 5.69 Å². The highest BCUT2D eigenvalue weighted by Gasteiger charge is 2.20. The number of hydrogen-bond acceptors (Lipinski definition) is 4. The van der Waals surface area contributed by atoms with Gasteiger partial charge in [-0.2, -0.15) is 5.10 Å². The van der Waals surface area contributed by atoms with Crippen LogP contribution in [0.5, 0.6) is 0 Å². The van der Waals surface area contributed by atoms with Crippen molar-refractivity contribution in [2.45, 2.75) is 0 Å². The number of nitrogens with two attached hydrogens (primary N) is 1. The minimum atomic E-state index is -0.796. The Balaban J connectivity index is 2.86. The van der Waals surface area contributed by atoms with Gasteiger partial charge in [0.05, 0.1) is 10.4 Å². The van der Waals surface area contributed by atoms with Gasteiger partial charge in [-0.05, 0) is 6.07 Å². The summed E-state index contributed by atoms with van der Waals surface area (Å²) in [5.41, 5.74) is 5.17. The van der Waals surface area contributed by atoms with Gasteiger partial charge in [0.15, 0.2) is 5.69 Å². The van der Waals surface area contributed by atoms with Crippen LogP contribution in [0.15, 0.2) is 18.2 Å². The van der Waals surface area contributed by atoms with Crippen molar-refractivity contribution in [2.75, 3.05) is 0 Å². The van der Waals surface area contributed by atoms with Crippen molar-refractivity contribution in [1.82, 2.24) is 10.2 Å². The van der Waals surface area contributed by atoms with E-state index in [0.717, 1.165) is 0 Å². The lowest BCUT2D eigenvalue weighted by Crippen LogP contribution is -2.12. The summed E-state index contributed by atoms with van der Waals surface area (Å²) in [6, 6.07) is 4.38. The van der Waals surface area contributed by atoms with Crippen molar-refractivity contribution in [3.05, 3.63) is 34.0 Å². The molecule has 0 unspecified atom stereocenters. The highest BCUT2D eigenvalue weighted by molar-refractivity contribution is 6.07. The molecular weight excluding hydrogens is 200 g/mol. The number of benzene rings is 1. The summed E-state index contributed by atoms with van der Waals surface area (Å²) < 4.78 is 0. The van der Waals surface area contributed by atoms with E-state index in [1.165, 1.54) is 12.1 Å². The van der Waals surface area contributed by atoms with E-state index in [1.54, 1.807) is 6.07 Å². The topological polar surface area (TPSA) is 115 Å². The van der Waals surface area contributed by atoms with Crippen LogP contribution in [0, 0.1) is 10.1 Å². The molecule has 0 bridgehead atoms. The van der Waals surface area contributed by atoms with Crippen LogP contribution in [0.1, 0.15) is 10.5 Å². The molecule has 0 atom stereocenters.